The summed E-state index contributed by atoms with van der Waals surface area (Å²) in [5.41, 5.74) is 1.92. The lowest BCUT2D eigenvalue weighted by Gasteiger charge is -2.23. The van der Waals surface area contributed by atoms with Crippen LogP contribution in [-0.2, 0) is 12.4 Å². The van der Waals surface area contributed by atoms with Gasteiger partial charge in [0, 0.05) is 6.54 Å². The Labute approximate surface area is 134 Å². The third kappa shape index (κ3) is 2.79. The molecule has 1 saturated carbocycles. The molecule has 1 aliphatic rings. The number of hydrogen-bond acceptors (Lipinski definition) is 1. The molecule has 2 nitrogen and oxygen atoms in total. The van der Waals surface area contributed by atoms with Gasteiger partial charge in [-0.05, 0) is 30.9 Å². The summed E-state index contributed by atoms with van der Waals surface area (Å²) in [4.78, 5) is 4.59. The Morgan fingerprint density at radius 2 is 1.80 bits per heavy atom. The van der Waals surface area contributed by atoms with Gasteiger partial charge in [-0.2, -0.15) is 0 Å². The highest BCUT2D eigenvalue weighted by Crippen LogP contribution is 2.31. The van der Waals surface area contributed by atoms with Gasteiger partial charge < -0.3 is 4.57 Å². The molecule has 2 aromatic rings. The molecule has 108 valence electrons. The van der Waals surface area contributed by atoms with Crippen molar-refractivity contribution in [2.45, 2.75) is 44.5 Å². The minimum atomic E-state index is 0.413. The number of fused-ring (bicyclic) bond motifs is 1. The second-order valence-corrected chi connectivity index (χ2v) is 6.61. The third-order valence-electron chi connectivity index (χ3n) is 4.15. The average molecular weight is 332 g/mol. The Morgan fingerprint density at radius 3 is 2.50 bits per heavy atom. The van der Waals surface area contributed by atoms with Crippen molar-refractivity contribution in [1.29, 1.82) is 0 Å². The molecular formula is C15H17Cl3N2. The Morgan fingerprint density at radius 1 is 1.10 bits per heavy atom. The molecule has 0 amide bonds. The zero-order valence-corrected chi connectivity index (χ0v) is 13.5. The first-order valence-corrected chi connectivity index (χ1v) is 8.38. The molecule has 0 N–H and O–H groups in total. The Balaban J connectivity index is 2.00. The van der Waals surface area contributed by atoms with Gasteiger partial charge >= 0.3 is 0 Å². The summed E-state index contributed by atoms with van der Waals surface area (Å²) in [5.74, 6) is 2.04. The second kappa shape index (κ2) is 6.13. The van der Waals surface area contributed by atoms with Crippen LogP contribution in [0.4, 0.5) is 0 Å². The fraction of sp³-hybridized carbons (Fsp3) is 0.533. The first kappa shape index (κ1) is 14.5. The van der Waals surface area contributed by atoms with Gasteiger partial charge in [-0.1, -0.05) is 42.5 Å². The van der Waals surface area contributed by atoms with Crippen molar-refractivity contribution in [3.05, 3.63) is 28.0 Å². The first-order chi connectivity index (χ1) is 9.69. The highest BCUT2D eigenvalue weighted by atomic mass is 35.5. The van der Waals surface area contributed by atoms with Gasteiger partial charge in [-0.3, -0.25) is 0 Å². The maximum atomic E-state index is 6.15. The number of benzene rings is 1. The maximum Gasteiger partial charge on any atom is 0.124 e. The average Bonchev–Trinajstić information content (AvgIpc) is 2.78. The lowest BCUT2D eigenvalue weighted by Crippen LogP contribution is -2.15. The molecular weight excluding hydrogens is 315 g/mol. The van der Waals surface area contributed by atoms with E-state index in [1.165, 1.54) is 32.1 Å². The smallest absolute Gasteiger partial charge is 0.124 e. The van der Waals surface area contributed by atoms with Crippen LogP contribution in [0.5, 0.6) is 0 Å². The molecule has 1 aromatic carbocycles. The fourth-order valence-electron chi connectivity index (χ4n) is 3.10. The van der Waals surface area contributed by atoms with Gasteiger partial charge in [0.25, 0.3) is 0 Å². The molecule has 0 atom stereocenters. The lowest BCUT2D eigenvalue weighted by atomic mass is 9.89. The topological polar surface area (TPSA) is 17.8 Å². The number of imidazole rings is 1. The van der Waals surface area contributed by atoms with Crippen LogP contribution in [0.15, 0.2) is 12.1 Å². The van der Waals surface area contributed by atoms with E-state index in [-0.39, 0.29) is 0 Å². The molecule has 0 bridgehead atoms. The summed E-state index contributed by atoms with van der Waals surface area (Å²) in [6, 6.07) is 3.73. The molecule has 1 aliphatic carbocycles. The van der Waals surface area contributed by atoms with Gasteiger partial charge in [0.15, 0.2) is 0 Å². The van der Waals surface area contributed by atoms with Crippen LogP contribution in [0.25, 0.3) is 11.0 Å². The first-order valence-electron chi connectivity index (χ1n) is 7.09. The molecule has 0 unspecified atom stereocenters. The predicted octanol–water partition coefficient (Wildman–Crippen LogP) is 5.66. The van der Waals surface area contributed by atoms with Crippen molar-refractivity contribution in [2.24, 2.45) is 5.92 Å². The molecule has 20 heavy (non-hydrogen) atoms. The number of halogens is 3. The zero-order valence-electron chi connectivity index (χ0n) is 11.2. The maximum absolute atomic E-state index is 6.15. The Kier molecular flexibility index (Phi) is 4.44. The minimum Gasteiger partial charge on any atom is -0.327 e. The van der Waals surface area contributed by atoms with Gasteiger partial charge in [-0.25, -0.2) is 4.98 Å². The summed E-state index contributed by atoms with van der Waals surface area (Å²) in [6.45, 7) is 0.983. The van der Waals surface area contributed by atoms with Crippen LogP contribution in [0.2, 0.25) is 10.0 Å². The minimum absolute atomic E-state index is 0.413. The summed E-state index contributed by atoms with van der Waals surface area (Å²) < 4.78 is 2.22. The van der Waals surface area contributed by atoms with Gasteiger partial charge in [0.2, 0.25) is 0 Å². The number of rotatable bonds is 3. The summed E-state index contributed by atoms with van der Waals surface area (Å²) in [7, 11) is 0. The van der Waals surface area contributed by atoms with Gasteiger partial charge in [-0.15, -0.1) is 11.6 Å². The van der Waals surface area contributed by atoms with E-state index in [0.29, 0.717) is 15.9 Å². The third-order valence-corrected chi connectivity index (χ3v) is 5.12. The van der Waals surface area contributed by atoms with Crippen molar-refractivity contribution in [2.75, 3.05) is 0 Å². The fourth-order valence-corrected chi connectivity index (χ4v) is 3.62. The molecule has 0 radical (unpaired) electrons. The molecule has 5 heteroatoms. The van der Waals surface area contributed by atoms with E-state index < -0.39 is 0 Å². The van der Waals surface area contributed by atoms with Crippen molar-refractivity contribution in [3.63, 3.8) is 0 Å². The van der Waals surface area contributed by atoms with Crippen LogP contribution < -0.4 is 0 Å². The van der Waals surface area contributed by atoms with E-state index in [1.54, 1.807) is 0 Å². The van der Waals surface area contributed by atoms with E-state index in [0.717, 1.165) is 29.3 Å². The van der Waals surface area contributed by atoms with Crippen molar-refractivity contribution in [3.8, 4) is 0 Å². The monoisotopic (exact) mass is 330 g/mol. The number of hydrogen-bond donors (Lipinski definition) is 0. The van der Waals surface area contributed by atoms with E-state index >= 15 is 0 Å². The normalized spacial score (nSPS) is 16.9. The molecule has 1 heterocycles. The molecule has 3 rings (SSSR count). The number of aromatic nitrogens is 2. The summed E-state index contributed by atoms with van der Waals surface area (Å²) in [5, 5.41) is 1.12. The molecule has 0 aliphatic heterocycles. The quantitative estimate of drug-likeness (QED) is 0.663. The predicted molar refractivity (Wildman–Crippen MR) is 85.9 cm³/mol. The highest BCUT2D eigenvalue weighted by Gasteiger charge is 2.18. The molecule has 1 fully saturated rings. The summed E-state index contributed by atoms with van der Waals surface area (Å²) >= 11 is 18.3. The molecule has 1 aromatic heterocycles. The van der Waals surface area contributed by atoms with Crippen LogP contribution in [0.1, 0.15) is 37.9 Å². The Bertz CT molecular complexity index is 615. The van der Waals surface area contributed by atoms with E-state index in [2.05, 4.69) is 9.55 Å². The highest BCUT2D eigenvalue weighted by molar-refractivity contribution is 6.42. The Hall–Kier alpha value is -0.440. The van der Waals surface area contributed by atoms with Gasteiger partial charge in [0.05, 0.1) is 27.0 Å². The van der Waals surface area contributed by atoms with Crippen molar-refractivity contribution in [1.82, 2.24) is 9.55 Å². The van der Waals surface area contributed by atoms with E-state index in [9.17, 15) is 0 Å². The van der Waals surface area contributed by atoms with E-state index in [1.807, 2.05) is 12.1 Å². The largest absolute Gasteiger partial charge is 0.327 e. The van der Waals surface area contributed by atoms with Gasteiger partial charge in [0.1, 0.15) is 5.82 Å². The van der Waals surface area contributed by atoms with Crippen molar-refractivity contribution < 1.29 is 0 Å². The van der Waals surface area contributed by atoms with Crippen molar-refractivity contribution >= 4 is 45.8 Å². The van der Waals surface area contributed by atoms with E-state index in [4.69, 9.17) is 34.8 Å². The SMILES string of the molecule is ClCc1nc2cc(Cl)c(Cl)cc2n1CC1CCCCC1. The molecule has 0 spiro atoms. The summed E-state index contributed by atoms with van der Waals surface area (Å²) in [6.07, 6.45) is 6.62. The second-order valence-electron chi connectivity index (χ2n) is 5.53. The number of nitrogens with zero attached hydrogens (tertiary/aromatic N) is 2. The van der Waals surface area contributed by atoms with Crippen LogP contribution in [0, 0.1) is 5.92 Å². The molecule has 0 saturated heterocycles. The van der Waals surface area contributed by atoms with Crippen LogP contribution >= 0.6 is 34.8 Å². The lowest BCUT2D eigenvalue weighted by molar-refractivity contribution is 0.320. The number of alkyl halides is 1. The van der Waals surface area contributed by atoms with Crippen LogP contribution in [-0.4, -0.2) is 9.55 Å². The zero-order chi connectivity index (χ0) is 14.1. The standard InChI is InChI=1S/C15H17Cl3N2/c16-8-15-19-13-6-11(17)12(18)7-14(13)20(15)9-10-4-2-1-3-5-10/h6-7,10H,1-5,8-9H2. The van der Waals surface area contributed by atoms with Crippen LogP contribution in [0.3, 0.4) is 0 Å².